The number of carbonyl (C=O) groups is 2. The van der Waals surface area contributed by atoms with Crippen LogP contribution >= 0.6 is 15.9 Å². The zero-order chi connectivity index (χ0) is 28.6. The third kappa shape index (κ3) is 5.50. The lowest BCUT2D eigenvalue weighted by Crippen LogP contribution is -2.48. The number of nitrogens with one attached hydrogen (secondary N) is 2. The number of ether oxygens (including phenoxy) is 1. The molecular weight excluding hydrogens is 592 g/mol. The molecule has 2 bridgehead atoms. The number of fused-ring (bicyclic) bond motifs is 2. The summed E-state index contributed by atoms with van der Waals surface area (Å²) >= 11 is 3.37. The average Bonchev–Trinajstić information content (AvgIpc) is 3.44. The maximum Gasteiger partial charge on any atom is 0.419 e. The van der Waals surface area contributed by atoms with Gasteiger partial charge in [0.2, 0.25) is 5.91 Å². The van der Waals surface area contributed by atoms with Crippen LogP contribution in [0.1, 0.15) is 34.3 Å². The minimum Gasteiger partial charge on any atom is -0.496 e. The van der Waals surface area contributed by atoms with E-state index in [1.807, 2.05) is 36.4 Å². The van der Waals surface area contributed by atoms with Crippen LogP contribution in [0.3, 0.4) is 0 Å². The summed E-state index contributed by atoms with van der Waals surface area (Å²) in [5.74, 6) is -3.19. The first kappa shape index (κ1) is 27.9. The van der Waals surface area contributed by atoms with E-state index >= 15 is 0 Å². The minimum absolute atomic E-state index is 0.151. The summed E-state index contributed by atoms with van der Waals surface area (Å²) < 4.78 is 59.7. The first-order chi connectivity index (χ1) is 19.1. The van der Waals surface area contributed by atoms with E-state index in [9.17, 15) is 27.2 Å². The van der Waals surface area contributed by atoms with E-state index in [1.165, 1.54) is 7.11 Å². The molecule has 3 aromatic rings. The van der Waals surface area contributed by atoms with E-state index in [2.05, 4.69) is 26.6 Å². The lowest BCUT2D eigenvalue weighted by atomic mass is 9.83. The van der Waals surface area contributed by atoms with E-state index in [1.54, 1.807) is 18.2 Å². The van der Waals surface area contributed by atoms with Gasteiger partial charge in [-0.15, -0.1) is 0 Å². The van der Waals surface area contributed by atoms with Crippen molar-refractivity contribution in [3.8, 4) is 5.75 Å². The molecule has 2 fully saturated rings. The molecule has 0 radical (unpaired) electrons. The summed E-state index contributed by atoms with van der Waals surface area (Å²) in [6, 6.07) is 16.3. The number of benzene rings is 3. The van der Waals surface area contributed by atoms with Crippen molar-refractivity contribution in [2.75, 3.05) is 12.4 Å². The summed E-state index contributed by atoms with van der Waals surface area (Å²) in [5.41, 5.74) is 0.597. The summed E-state index contributed by atoms with van der Waals surface area (Å²) in [6.45, 7) is 0. The van der Waals surface area contributed by atoms with E-state index in [0.29, 0.717) is 28.8 Å². The standard InChI is InChI=1S/C30H25BrF4N2O3/c1-40-25-12-7-17(31)14-22(25)28(38)37-27-20-10-9-19(21(20)13-16-5-3-2-4-6-16)26(27)29(39)36-18-8-11-24(32)23(15-18)30(33,34)35/h2-8,11-15,19-20,26-27H,9-10H2,1H3,(H,36,39)(H,37,38)/t19?,20?,26-,27+/m0/s1. The Morgan fingerprint density at radius 3 is 2.42 bits per heavy atom. The van der Waals surface area contributed by atoms with Gasteiger partial charge in [-0.25, -0.2) is 4.39 Å². The highest BCUT2D eigenvalue weighted by Crippen LogP contribution is 2.53. The third-order valence-corrected chi connectivity index (χ3v) is 8.07. The Labute approximate surface area is 236 Å². The summed E-state index contributed by atoms with van der Waals surface area (Å²) in [7, 11) is 1.45. The second kappa shape index (κ2) is 11.1. The van der Waals surface area contributed by atoms with Crippen LogP contribution in [0.5, 0.6) is 5.75 Å². The summed E-state index contributed by atoms with van der Waals surface area (Å²) in [4.78, 5) is 27.1. The van der Waals surface area contributed by atoms with Crippen LogP contribution in [-0.4, -0.2) is 25.0 Å². The predicted molar refractivity (Wildman–Crippen MR) is 146 cm³/mol. The van der Waals surface area contributed by atoms with Gasteiger partial charge in [0.15, 0.2) is 0 Å². The lowest BCUT2D eigenvalue weighted by Gasteiger charge is -2.30. The molecule has 0 spiro atoms. The molecule has 0 saturated heterocycles. The zero-order valence-corrected chi connectivity index (χ0v) is 22.9. The molecule has 0 heterocycles. The van der Waals surface area contributed by atoms with Crippen LogP contribution in [0.2, 0.25) is 0 Å². The number of hydrogen-bond donors (Lipinski definition) is 2. The normalized spacial score (nSPS) is 22.8. The summed E-state index contributed by atoms with van der Waals surface area (Å²) in [6.07, 6.45) is -1.47. The van der Waals surface area contributed by atoms with Gasteiger partial charge in [0.25, 0.3) is 5.91 Å². The molecule has 0 aliphatic heterocycles. The van der Waals surface area contributed by atoms with E-state index < -0.39 is 41.3 Å². The predicted octanol–water partition coefficient (Wildman–Crippen LogP) is 7.09. The van der Waals surface area contributed by atoms with Crippen molar-refractivity contribution >= 4 is 39.5 Å². The van der Waals surface area contributed by atoms with Gasteiger partial charge in [-0.05, 0) is 60.7 Å². The fourth-order valence-corrected chi connectivity index (χ4v) is 6.23. The minimum atomic E-state index is -4.91. The lowest BCUT2D eigenvalue weighted by molar-refractivity contribution is -0.140. The smallest absolute Gasteiger partial charge is 0.419 e. The Balaban J connectivity index is 1.49. The first-order valence-electron chi connectivity index (χ1n) is 12.7. The Bertz CT molecular complexity index is 1480. The first-order valence-corrected chi connectivity index (χ1v) is 13.4. The number of hydrogen-bond acceptors (Lipinski definition) is 3. The molecule has 208 valence electrons. The number of halogens is 5. The highest BCUT2D eigenvalue weighted by atomic mass is 79.9. The highest BCUT2D eigenvalue weighted by molar-refractivity contribution is 9.10. The molecule has 2 saturated carbocycles. The van der Waals surface area contributed by atoms with Gasteiger partial charge >= 0.3 is 6.18 Å². The molecule has 40 heavy (non-hydrogen) atoms. The van der Waals surface area contributed by atoms with Gasteiger partial charge < -0.3 is 15.4 Å². The van der Waals surface area contributed by atoms with Crippen molar-refractivity contribution < 1.29 is 31.9 Å². The Morgan fingerprint density at radius 2 is 1.73 bits per heavy atom. The molecule has 2 unspecified atom stereocenters. The number of alkyl halides is 3. The van der Waals surface area contributed by atoms with Gasteiger partial charge in [0, 0.05) is 22.1 Å². The van der Waals surface area contributed by atoms with Crippen molar-refractivity contribution in [3.63, 3.8) is 0 Å². The number of rotatable bonds is 6. The molecule has 2 amide bonds. The van der Waals surface area contributed by atoms with Crippen LogP contribution in [0, 0.1) is 23.6 Å². The van der Waals surface area contributed by atoms with Crippen LogP contribution in [0.25, 0.3) is 6.08 Å². The van der Waals surface area contributed by atoms with Gasteiger partial charge in [-0.3, -0.25) is 9.59 Å². The second-order valence-electron chi connectivity index (χ2n) is 9.90. The zero-order valence-electron chi connectivity index (χ0n) is 21.3. The molecule has 5 rings (SSSR count). The Morgan fingerprint density at radius 1 is 1.00 bits per heavy atom. The Kier molecular flexibility index (Phi) is 7.72. The number of anilines is 1. The maximum absolute atomic E-state index is 13.8. The van der Waals surface area contributed by atoms with Crippen molar-refractivity contribution in [2.24, 2.45) is 17.8 Å². The van der Waals surface area contributed by atoms with E-state index in [4.69, 9.17) is 4.74 Å². The number of amides is 2. The van der Waals surface area contributed by atoms with E-state index in [0.717, 1.165) is 23.6 Å². The Hall–Kier alpha value is -3.66. The molecule has 10 heteroatoms. The molecule has 5 nitrogen and oxygen atoms in total. The van der Waals surface area contributed by atoms with Crippen molar-refractivity contribution in [1.29, 1.82) is 0 Å². The van der Waals surface area contributed by atoms with Crippen molar-refractivity contribution in [1.82, 2.24) is 5.32 Å². The topological polar surface area (TPSA) is 67.4 Å². The third-order valence-electron chi connectivity index (χ3n) is 7.58. The molecule has 2 aliphatic rings. The average molecular weight is 617 g/mol. The fourth-order valence-electron chi connectivity index (χ4n) is 5.87. The largest absolute Gasteiger partial charge is 0.496 e. The number of carbonyl (C=O) groups excluding carboxylic acids is 2. The van der Waals surface area contributed by atoms with Gasteiger partial charge in [-0.1, -0.05) is 57.9 Å². The van der Waals surface area contributed by atoms with Crippen molar-refractivity contribution in [3.05, 3.63) is 99.3 Å². The van der Waals surface area contributed by atoms with Crippen LogP contribution in [-0.2, 0) is 11.0 Å². The van der Waals surface area contributed by atoms with Crippen LogP contribution < -0.4 is 15.4 Å². The van der Waals surface area contributed by atoms with Crippen LogP contribution in [0.15, 0.2) is 76.8 Å². The molecule has 0 aromatic heterocycles. The molecule has 2 aliphatic carbocycles. The second-order valence-corrected chi connectivity index (χ2v) is 10.8. The summed E-state index contributed by atoms with van der Waals surface area (Å²) in [5, 5.41) is 5.58. The van der Waals surface area contributed by atoms with Crippen molar-refractivity contribution in [2.45, 2.75) is 25.1 Å². The number of methoxy groups -OCH3 is 1. The van der Waals surface area contributed by atoms with Gasteiger partial charge in [0.1, 0.15) is 11.6 Å². The van der Waals surface area contributed by atoms with Crippen LogP contribution in [0.4, 0.5) is 23.2 Å². The fraction of sp³-hybridized carbons (Fsp3) is 0.267. The van der Waals surface area contributed by atoms with Gasteiger partial charge in [0.05, 0.1) is 24.2 Å². The molecule has 4 atom stereocenters. The molecular formula is C30H25BrF4N2O3. The van der Waals surface area contributed by atoms with E-state index in [-0.39, 0.29) is 23.1 Å². The quantitative estimate of drug-likeness (QED) is 0.291. The SMILES string of the molecule is COc1ccc(Br)cc1C(=O)N[C@@H]1C2CCC(C2=Cc2ccccc2)[C@@H]1C(=O)Nc1ccc(F)c(C(F)(F)F)c1. The highest BCUT2D eigenvalue weighted by Gasteiger charge is 2.54. The van der Waals surface area contributed by atoms with Gasteiger partial charge in [-0.2, -0.15) is 13.2 Å². The molecule has 3 aromatic carbocycles. The maximum atomic E-state index is 13.8. The monoisotopic (exact) mass is 616 g/mol. The molecule has 2 N–H and O–H groups in total.